The Balaban J connectivity index is 1.68. The van der Waals surface area contributed by atoms with Crippen LogP contribution in [-0.4, -0.2) is 23.5 Å². The van der Waals surface area contributed by atoms with E-state index in [1.807, 2.05) is 25.1 Å². The molecule has 0 aromatic carbocycles. The fraction of sp³-hybridized carbons (Fsp3) is 0.333. The summed E-state index contributed by atoms with van der Waals surface area (Å²) in [5.74, 6) is 1.33. The van der Waals surface area contributed by atoms with Crippen LogP contribution in [0, 0.1) is 22.7 Å². The molecule has 0 radical (unpaired) electrons. The molecule has 0 saturated carbocycles. The Morgan fingerprint density at radius 2 is 2.00 bits per heavy atom. The number of rotatable bonds is 2. The molecular formula is C24H23N3O. The van der Waals surface area contributed by atoms with Crippen molar-refractivity contribution in [3.05, 3.63) is 82.4 Å². The average molecular weight is 369 g/mol. The van der Waals surface area contributed by atoms with E-state index in [0.717, 1.165) is 19.5 Å². The Labute approximate surface area is 166 Å². The molecule has 3 aliphatic heterocycles. The van der Waals surface area contributed by atoms with Gasteiger partial charge in [-0.15, -0.1) is 0 Å². The second-order valence-corrected chi connectivity index (χ2v) is 7.57. The summed E-state index contributed by atoms with van der Waals surface area (Å²) in [6.07, 6.45) is 21.2. The summed E-state index contributed by atoms with van der Waals surface area (Å²) < 4.78 is 5.81. The van der Waals surface area contributed by atoms with E-state index in [1.165, 1.54) is 30.4 Å². The standard InChI is InChI=1S/C24H23N3O/c1-18-14-20(21(16-25)17-26)15-22(28-18)8-7-19-9-13-27-12-5-4-11-24(27)10-3-2-6-23(19)24/h2-3,6-8,10,14-15H,4-5,9,11-13H2,1H3/b8-7+. The molecule has 1 saturated heterocycles. The Morgan fingerprint density at radius 1 is 1.14 bits per heavy atom. The fourth-order valence-corrected chi connectivity index (χ4v) is 4.63. The summed E-state index contributed by atoms with van der Waals surface area (Å²) in [5, 5.41) is 18.3. The number of hydrogen-bond acceptors (Lipinski definition) is 4. The van der Waals surface area contributed by atoms with Crippen molar-refractivity contribution in [2.75, 3.05) is 13.1 Å². The largest absolute Gasteiger partial charge is 0.462 e. The van der Waals surface area contributed by atoms with Gasteiger partial charge in [-0.2, -0.15) is 10.5 Å². The molecule has 4 aliphatic rings. The van der Waals surface area contributed by atoms with Crippen LogP contribution < -0.4 is 0 Å². The van der Waals surface area contributed by atoms with Crippen molar-refractivity contribution >= 4 is 0 Å². The van der Waals surface area contributed by atoms with Gasteiger partial charge in [-0.3, -0.25) is 4.90 Å². The van der Waals surface area contributed by atoms with Crippen LogP contribution in [0.15, 0.2) is 82.4 Å². The first-order valence-electron chi connectivity index (χ1n) is 9.81. The van der Waals surface area contributed by atoms with E-state index in [2.05, 4.69) is 35.3 Å². The summed E-state index contributed by atoms with van der Waals surface area (Å²) in [4.78, 5) is 2.62. The minimum Gasteiger partial charge on any atom is -0.462 e. The molecule has 3 heterocycles. The van der Waals surface area contributed by atoms with Crippen molar-refractivity contribution in [3.63, 3.8) is 0 Å². The first kappa shape index (κ1) is 18.3. The van der Waals surface area contributed by atoms with Crippen molar-refractivity contribution in [1.82, 2.24) is 4.90 Å². The molecule has 1 fully saturated rings. The van der Waals surface area contributed by atoms with Gasteiger partial charge < -0.3 is 4.74 Å². The van der Waals surface area contributed by atoms with E-state index in [-0.39, 0.29) is 11.1 Å². The van der Waals surface area contributed by atoms with E-state index in [1.54, 1.807) is 12.2 Å². The van der Waals surface area contributed by atoms with Crippen LogP contribution in [0.1, 0.15) is 32.6 Å². The topological polar surface area (TPSA) is 60.0 Å². The smallest absolute Gasteiger partial charge is 0.137 e. The van der Waals surface area contributed by atoms with Gasteiger partial charge in [0.15, 0.2) is 0 Å². The lowest BCUT2D eigenvalue weighted by Crippen LogP contribution is -2.54. The van der Waals surface area contributed by atoms with Crippen LogP contribution in [-0.2, 0) is 4.74 Å². The molecule has 4 heteroatoms. The molecule has 1 aliphatic carbocycles. The van der Waals surface area contributed by atoms with Crippen LogP contribution >= 0.6 is 0 Å². The summed E-state index contributed by atoms with van der Waals surface area (Å²) >= 11 is 0. The van der Waals surface area contributed by atoms with Crippen molar-refractivity contribution < 1.29 is 4.74 Å². The van der Waals surface area contributed by atoms with Gasteiger partial charge in [-0.25, -0.2) is 0 Å². The van der Waals surface area contributed by atoms with Gasteiger partial charge in [0, 0.05) is 12.1 Å². The lowest BCUT2D eigenvalue weighted by molar-refractivity contribution is 0.107. The lowest BCUT2D eigenvalue weighted by atomic mass is 9.72. The monoisotopic (exact) mass is 369 g/mol. The molecule has 0 aromatic rings. The number of ether oxygens (including phenoxy) is 1. The molecule has 0 bridgehead atoms. The number of hydrogen-bond donors (Lipinski definition) is 0. The zero-order valence-electron chi connectivity index (χ0n) is 16.1. The molecule has 28 heavy (non-hydrogen) atoms. The molecule has 4 nitrogen and oxygen atoms in total. The Kier molecular flexibility index (Phi) is 4.90. The summed E-state index contributed by atoms with van der Waals surface area (Å²) in [6, 6.07) is 3.91. The molecule has 0 amide bonds. The second-order valence-electron chi connectivity index (χ2n) is 7.57. The normalized spacial score (nSPS) is 26.6. The molecule has 0 N–H and O–H groups in total. The number of nitriles is 2. The van der Waals surface area contributed by atoms with Gasteiger partial charge in [0.2, 0.25) is 0 Å². The Hall–Kier alpha value is -3.08. The summed E-state index contributed by atoms with van der Waals surface area (Å²) in [7, 11) is 0. The van der Waals surface area contributed by atoms with Crippen molar-refractivity contribution in [3.8, 4) is 12.1 Å². The highest BCUT2D eigenvalue weighted by Gasteiger charge is 2.42. The van der Waals surface area contributed by atoms with E-state index in [0.29, 0.717) is 17.1 Å². The number of piperidine rings is 1. The third-order valence-corrected chi connectivity index (χ3v) is 5.91. The van der Waals surface area contributed by atoms with Gasteiger partial charge in [0.1, 0.15) is 29.2 Å². The Bertz CT molecular complexity index is 972. The highest BCUT2D eigenvalue weighted by molar-refractivity contribution is 5.54. The fourth-order valence-electron chi connectivity index (χ4n) is 4.63. The maximum absolute atomic E-state index is 9.15. The molecule has 0 aromatic heterocycles. The van der Waals surface area contributed by atoms with Crippen LogP contribution in [0.3, 0.4) is 0 Å². The zero-order chi connectivity index (χ0) is 19.6. The van der Waals surface area contributed by atoms with E-state index < -0.39 is 0 Å². The van der Waals surface area contributed by atoms with Crippen LogP contribution in [0.2, 0.25) is 0 Å². The van der Waals surface area contributed by atoms with Gasteiger partial charge in [-0.1, -0.05) is 30.4 Å². The molecular weight excluding hydrogens is 346 g/mol. The first-order valence-corrected chi connectivity index (χ1v) is 9.81. The highest BCUT2D eigenvalue weighted by Crippen LogP contribution is 2.44. The average Bonchev–Trinajstić information content (AvgIpc) is 2.71. The van der Waals surface area contributed by atoms with E-state index in [9.17, 15) is 0 Å². The zero-order valence-corrected chi connectivity index (χ0v) is 16.1. The third-order valence-electron chi connectivity index (χ3n) is 5.91. The molecule has 4 rings (SSSR count). The van der Waals surface area contributed by atoms with Crippen molar-refractivity contribution in [2.24, 2.45) is 0 Å². The SMILES string of the molecule is CC1=CC(=C(C#N)C#N)C=C(/C=C/C2=C3C=CC=CC34CCCCN4CC2)O1. The maximum Gasteiger partial charge on any atom is 0.137 e. The predicted octanol–water partition coefficient (Wildman–Crippen LogP) is 4.76. The third kappa shape index (κ3) is 3.17. The van der Waals surface area contributed by atoms with Gasteiger partial charge in [-0.05, 0) is 68.5 Å². The van der Waals surface area contributed by atoms with Crippen LogP contribution in [0.4, 0.5) is 0 Å². The predicted molar refractivity (Wildman–Crippen MR) is 108 cm³/mol. The molecule has 1 unspecified atom stereocenters. The number of allylic oxidation sites excluding steroid dienone is 9. The summed E-state index contributed by atoms with van der Waals surface area (Å²) in [6.45, 7) is 4.06. The maximum atomic E-state index is 9.15. The quantitative estimate of drug-likeness (QED) is 0.659. The minimum absolute atomic E-state index is 0.0440. The minimum atomic E-state index is 0.0440. The van der Waals surface area contributed by atoms with Crippen molar-refractivity contribution in [2.45, 2.75) is 38.1 Å². The molecule has 1 spiro atoms. The lowest BCUT2D eigenvalue weighted by Gasteiger charge is -2.51. The van der Waals surface area contributed by atoms with Crippen LogP contribution in [0.5, 0.6) is 0 Å². The molecule has 1 atom stereocenters. The van der Waals surface area contributed by atoms with E-state index in [4.69, 9.17) is 15.3 Å². The van der Waals surface area contributed by atoms with Crippen molar-refractivity contribution in [1.29, 1.82) is 10.5 Å². The van der Waals surface area contributed by atoms with Crippen LogP contribution in [0.25, 0.3) is 0 Å². The second kappa shape index (κ2) is 7.50. The Morgan fingerprint density at radius 3 is 2.82 bits per heavy atom. The highest BCUT2D eigenvalue weighted by atomic mass is 16.5. The van der Waals surface area contributed by atoms with E-state index >= 15 is 0 Å². The first-order chi connectivity index (χ1) is 13.7. The molecule has 140 valence electrons. The number of nitrogens with zero attached hydrogens (tertiary/aromatic N) is 3. The van der Waals surface area contributed by atoms with Gasteiger partial charge in [0.05, 0.1) is 5.54 Å². The summed E-state index contributed by atoms with van der Waals surface area (Å²) in [5.41, 5.74) is 3.48. The van der Waals surface area contributed by atoms with Gasteiger partial charge >= 0.3 is 0 Å². The van der Waals surface area contributed by atoms with Gasteiger partial charge in [0.25, 0.3) is 0 Å².